The molecule has 0 saturated carbocycles. The molecule has 0 atom stereocenters. The summed E-state index contributed by atoms with van der Waals surface area (Å²) in [4.78, 5) is 21.7. The predicted octanol–water partition coefficient (Wildman–Crippen LogP) is 1.60. The third-order valence-corrected chi connectivity index (χ3v) is 1.64. The second kappa shape index (κ2) is 3.13. The third kappa shape index (κ3) is 1.30. The Kier molecular flexibility index (Phi) is 1.82. The van der Waals surface area contributed by atoms with Crippen molar-refractivity contribution in [1.82, 2.24) is 9.97 Å². The molecule has 0 amide bonds. The molecule has 0 bridgehead atoms. The maximum absolute atomic E-state index is 10.1. The largest absolute Gasteiger partial charge is 0.254 e. The molecular weight excluding hydrogens is 166 g/mol. The van der Waals surface area contributed by atoms with Crippen LogP contribution >= 0.6 is 0 Å². The van der Waals surface area contributed by atoms with E-state index < -0.39 is 0 Å². The Bertz CT molecular complexity index is 484. The average Bonchev–Trinajstić information content (AvgIpc) is 2.19. The van der Waals surface area contributed by atoms with E-state index in [1.807, 2.05) is 6.07 Å². The summed E-state index contributed by atoms with van der Waals surface area (Å²) in [6.45, 7) is 0. The fourth-order valence-electron chi connectivity index (χ4n) is 1.10. The number of pyridine rings is 2. The molecule has 0 saturated heterocycles. The van der Waals surface area contributed by atoms with Gasteiger partial charge in [0.15, 0.2) is 0 Å². The molecule has 2 heterocycles. The molecule has 0 aliphatic heterocycles. The second-order valence-corrected chi connectivity index (χ2v) is 2.40. The van der Waals surface area contributed by atoms with E-state index in [0.29, 0.717) is 11.2 Å². The molecular formula is C9H5N3O. The molecule has 2 rings (SSSR count). The summed E-state index contributed by atoms with van der Waals surface area (Å²) in [7, 11) is 0. The number of aromatic nitrogens is 2. The lowest BCUT2D eigenvalue weighted by Gasteiger charge is -1.96. The van der Waals surface area contributed by atoms with Crippen LogP contribution in [0.25, 0.3) is 11.0 Å². The molecule has 0 aromatic carbocycles. The quantitative estimate of drug-likeness (QED) is 0.483. The first kappa shape index (κ1) is 7.58. The van der Waals surface area contributed by atoms with Crippen LogP contribution in [0.1, 0.15) is 0 Å². The molecule has 2 aromatic rings. The van der Waals surface area contributed by atoms with Gasteiger partial charge in [-0.3, -0.25) is 9.97 Å². The highest BCUT2D eigenvalue weighted by Gasteiger charge is 1.99. The van der Waals surface area contributed by atoms with Crippen molar-refractivity contribution >= 4 is 22.8 Å². The molecule has 4 nitrogen and oxygen atoms in total. The topological polar surface area (TPSA) is 55.2 Å². The first-order valence-electron chi connectivity index (χ1n) is 3.69. The predicted molar refractivity (Wildman–Crippen MR) is 47.3 cm³/mol. The molecule has 4 heteroatoms. The van der Waals surface area contributed by atoms with Gasteiger partial charge < -0.3 is 0 Å². The van der Waals surface area contributed by atoms with Gasteiger partial charge in [-0.15, -0.1) is 0 Å². The molecule has 0 aliphatic rings. The van der Waals surface area contributed by atoms with Gasteiger partial charge in [-0.2, -0.15) is 4.99 Å². The molecule has 0 fully saturated rings. The van der Waals surface area contributed by atoms with Crippen molar-refractivity contribution in [3.63, 3.8) is 0 Å². The number of hydrogen-bond acceptors (Lipinski definition) is 4. The summed E-state index contributed by atoms with van der Waals surface area (Å²) in [6.07, 6.45) is 4.70. The molecule has 0 radical (unpaired) electrons. The van der Waals surface area contributed by atoms with Crippen LogP contribution < -0.4 is 0 Å². The lowest BCUT2D eigenvalue weighted by Crippen LogP contribution is -1.81. The number of rotatable bonds is 1. The Morgan fingerprint density at radius 2 is 2.15 bits per heavy atom. The molecule has 0 aliphatic carbocycles. The van der Waals surface area contributed by atoms with Crippen LogP contribution in [0, 0.1) is 0 Å². The highest BCUT2D eigenvalue weighted by molar-refractivity contribution is 5.86. The Labute approximate surface area is 74.0 Å². The minimum absolute atomic E-state index is 0.501. The van der Waals surface area contributed by atoms with E-state index in [9.17, 15) is 4.79 Å². The molecule has 0 N–H and O–H groups in total. The van der Waals surface area contributed by atoms with Crippen LogP contribution in [-0.2, 0) is 4.79 Å². The normalized spacial score (nSPS) is 9.54. The summed E-state index contributed by atoms with van der Waals surface area (Å²) in [6, 6.07) is 5.22. The Morgan fingerprint density at radius 1 is 1.23 bits per heavy atom. The molecule has 13 heavy (non-hydrogen) atoms. The van der Waals surface area contributed by atoms with E-state index in [1.165, 1.54) is 6.08 Å². The van der Waals surface area contributed by atoms with Crippen LogP contribution in [-0.4, -0.2) is 16.0 Å². The maximum Gasteiger partial charge on any atom is 0.240 e. The summed E-state index contributed by atoms with van der Waals surface area (Å²) in [5.74, 6) is 0. The van der Waals surface area contributed by atoms with E-state index in [0.717, 1.165) is 5.52 Å². The Morgan fingerprint density at radius 3 is 3.00 bits per heavy atom. The third-order valence-electron chi connectivity index (χ3n) is 1.64. The molecule has 2 aromatic heterocycles. The van der Waals surface area contributed by atoms with Crippen LogP contribution in [0.3, 0.4) is 0 Å². The number of aliphatic imine (C=N–C) groups is 1. The Balaban J connectivity index is 2.82. The minimum atomic E-state index is 0.501. The Hall–Kier alpha value is -2.06. The second-order valence-electron chi connectivity index (χ2n) is 2.40. The van der Waals surface area contributed by atoms with E-state index in [2.05, 4.69) is 15.0 Å². The highest BCUT2D eigenvalue weighted by atomic mass is 16.1. The van der Waals surface area contributed by atoms with E-state index in [1.54, 1.807) is 24.5 Å². The number of isocyanates is 1. The van der Waals surface area contributed by atoms with Gasteiger partial charge >= 0.3 is 0 Å². The van der Waals surface area contributed by atoms with Gasteiger partial charge in [0.2, 0.25) is 6.08 Å². The van der Waals surface area contributed by atoms with Crippen LogP contribution in [0.5, 0.6) is 0 Å². The number of hydrogen-bond donors (Lipinski definition) is 0. The molecule has 0 unspecified atom stereocenters. The zero-order valence-corrected chi connectivity index (χ0v) is 6.64. The summed E-state index contributed by atoms with van der Waals surface area (Å²) < 4.78 is 0. The van der Waals surface area contributed by atoms with Crippen molar-refractivity contribution in [1.29, 1.82) is 0 Å². The van der Waals surface area contributed by atoms with Crippen molar-refractivity contribution in [2.45, 2.75) is 0 Å². The summed E-state index contributed by atoms with van der Waals surface area (Å²) in [5, 5.41) is 0. The van der Waals surface area contributed by atoms with Crippen LogP contribution in [0.4, 0.5) is 5.69 Å². The van der Waals surface area contributed by atoms with Crippen molar-refractivity contribution in [2.75, 3.05) is 0 Å². The van der Waals surface area contributed by atoms with Crippen molar-refractivity contribution in [2.24, 2.45) is 4.99 Å². The minimum Gasteiger partial charge on any atom is -0.254 e. The zero-order valence-electron chi connectivity index (χ0n) is 6.64. The van der Waals surface area contributed by atoms with Crippen LogP contribution in [0.2, 0.25) is 0 Å². The van der Waals surface area contributed by atoms with Crippen molar-refractivity contribution in [3.05, 3.63) is 30.6 Å². The zero-order chi connectivity index (χ0) is 9.10. The lowest BCUT2D eigenvalue weighted by atomic mass is 10.3. The van der Waals surface area contributed by atoms with Crippen LogP contribution in [0.15, 0.2) is 35.6 Å². The number of fused-ring (bicyclic) bond motifs is 1. The fourth-order valence-corrected chi connectivity index (χ4v) is 1.10. The molecule has 0 spiro atoms. The van der Waals surface area contributed by atoms with Gasteiger partial charge in [-0.05, 0) is 18.2 Å². The smallest absolute Gasteiger partial charge is 0.240 e. The summed E-state index contributed by atoms with van der Waals surface area (Å²) >= 11 is 0. The van der Waals surface area contributed by atoms with E-state index in [-0.39, 0.29) is 0 Å². The average molecular weight is 171 g/mol. The van der Waals surface area contributed by atoms with Gasteiger partial charge in [0, 0.05) is 12.4 Å². The van der Waals surface area contributed by atoms with Gasteiger partial charge in [-0.25, -0.2) is 4.79 Å². The fraction of sp³-hybridized carbons (Fsp3) is 0. The SMILES string of the molecule is O=C=Nc1ccnc2cccnc12. The summed E-state index contributed by atoms with van der Waals surface area (Å²) in [5.41, 5.74) is 1.84. The first-order valence-corrected chi connectivity index (χ1v) is 3.69. The highest BCUT2D eigenvalue weighted by Crippen LogP contribution is 2.20. The van der Waals surface area contributed by atoms with Gasteiger partial charge in [-0.1, -0.05) is 0 Å². The van der Waals surface area contributed by atoms with Crippen molar-refractivity contribution in [3.8, 4) is 0 Å². The lowest BCUT2D eigenvalue weighted by molar-refractivity contribution is 0.565. The maximum atomic E-state index is 10.1. The van der Waals surface area contributed by atoms with E-state index >= 15 is 0 Å². The standard InChI is InChI=1S/C9H5N3O/c13-6-12-8-3-5-10-7-2-1-4-11-9(7)8/h1-5H. The van der Waals surface area contributed by atoms with Gasteiger partial charge in [0.25, 0.3) is 0 Å². The van der Waals surface area contributed by atoms with E-state index in [4.69, 9.17) is 0 Å². The van der Waals surface area contributed by atoms with Crippen molar-refractivity contribution < 1.29 is 4.79 Å². The molecule has 62 valence electrons. The number of nitrogens with zero attached hydrogens (tertiary/aromatic N) is 3. The number of carbonyl (C=O) groups excluding carboxylic acids is 1. The van der Waals surface area contributed by atoms with Gasteiger partial charge in [0.05, 0.1) is 5.52 Å². The first-order chi connectivity index (χ1) is 6.42. The van der Waals surface area contributed by atoms with Gasteiger partial charge in [0.1, 0.15) is 11.2 Å². The monoisotopic (exact) mass is 171 g/mol.